The molecule has 2 N–H and O–H groups in total. The molecule has 16 heavy (non-hydrogen) atoms. The van der Waals surface area contributed by atoms with E-state index in [0.29, 0.717) is 12.1 Å². The largest absolute Gasteiger partial charge is 0.387 e. The molecule has 0 spiro atoms. The number of β-amino-alcohol motifs (C(OH)–C–C–N with tert-alkyl or cyclic N) is 1. The SMILES string of the molecule is C=C/C(=C\C(F)=C/C)C(O)CNC(C)(C)C. The van der Waals surface area contributed by atoms with Gasteiger partial charge in [0.2, 0.25) is 0 Å². The fourth-order valence-corrected chi connectivity index (χ4v) is 1.05. The Morgan fingerprint density at radius 3 is 2.44 bits per heavy atom. The number of aliphatic hydroxyl groups is 1. The van der Waals surface area contributed by atoms with Gasteiger partial charge in [-0.25, -0.2) is 4.39 Å². The van der Waals surface area contributed by atoms with Gasteiger partial charge in [0.25, 0.3) is 0 Å². The number of hydrogen-bond donors (Lipinski definition) is 2. The zero-order chi connectivity index (χ0) is 12.8. The van der Waals surface area contributed by atoms with Crippen LogP contribution in [0.25, 0.3) is 0 Å². The lowest BCUT2D eigenvalue weighted by Gasteiger charge is -2.23. The molecule has 0 aromatic carbocycles. The Morgan fingerprint density at radius 1 is 1.50 bits per heavy atom. The second-order valence-electron chi connectivity index (χ2n) is 4.67. The standard InChI is InChI=1S/C13H22FNO/c1-6-10(8-11(14)7-2)12(16)9-15-13(3,4)5/h6-8,12,15-16H,1,9H2,2-5H3/b10-8+,11-7+. The fourth-order valence-electron chi connectivity index (χ4n) is 1.05. The summed E-state index contributed by atoms with van der Waals surface area (Å²) >= 11 is 0. The van der Waals surface area contributed by atoms with Crippen LogP contribution in [0.4, 0.5) is 4.39 Å². The fraction of sp³-hybridized carbons (Fsp3) is 0.538. The highest BCUT2D eigenvalue weighted by atomic mass is 19.1. The zero-order valence-electron chi connectivity index (χ0n) is 10.5. The van der Waals surface area contributed by atoms with Gasteiger partial charge in [0.15, 0.2) is 0 Å². The van der Waals surface area contributed by atoms with Gasteiger partial charge < -0.3 is 10.4 Å². The minimum atomic E-state index is -0.748. The Labute approximate surface area is 97.6 Å². The second kappa shape index (κ2) is 6.61. The quantitative estimate of drug-likeness (QED) is 0.708. The molecule has 0 saturated carbocycles. The van der Waals surface area contributed by atoms with Crippen molar-refractivity contribution in [2.24, 2.45) is 0 Å². The molecule has 0 radical (unpaired) electrons. The Balaban J connectivity index is 4.50. The van der Waals surface area contributed by atoms with E-state index in [1.165, 1.54) is 18.2 Å². The number of rotatable bonds is 5. The molecule has 1 atom stereocenters. The Kier molecular flexibility index (Phi) is 6.22. The molecule has 1 unspecified atom stereocenters. The van der Waals surface area contributed by atoms with Crippen molar-refractivity contribution in [3.05, 3.63) is 36.2 Å². The maximum absolute atomic E-state index is 13.0. The minimum Gasteiger partial charge on any atom is -0.387 e. The molecule has 0 aliphatic heterocycles. The first-order chi connectivity index (χ1) is 7.30. The van der Waals surface area contributed by atoms with Crippen molar-refractivity contribution in [1.82, 2.24) is 5.32 Å². The first-order valence-electron chi connectivity index (χ1n) is 5.39. The van der Waals surface area contributed by atoms with E-state index >= 15 is 0 Å². The van der Waals surface area contributed by atoms with E-state index in [4.69, 9.17) is 0 Å². The number of nitrogens with one attached hydrogen (secondary N) is 1. The van der Waals surface area contributed by atoms with Gasteiger partial charge in [-0.15, -0.1) is 0 Å². The van der Waals surface area contributed by atoms with Crippen molar-refractivity contribution in [1.29, 1.82) is 0 Å². The van der Waals surface area contributed by atoms with E-state index in [-0.39, 0.29) is 11.4 Å². The maximum Gasteiger partial charge on any atom is 0.119 e. The number of hydrogen-bond acceptors (Lipinski definition) is 2. The predicted molar refractivity (Wildman–Crippen MR) is 66.9 cm³/mol. The summed E-state index contributed by atoms with van der Waals surface area (Å²) in [6.07, 6.45) is 3.36. The van der Waals surface area contributed by atoms with E-state index < -0.39 is 6.10 Å². The summed E-state index contributed by atoms with van der Waals surface area (Å²) in [6.45, 7) is 11.6. The third-order valence-corrected chi connectivity index (χ3v) is 2.03. The molecule has 3 heteroatoms. The van der Waals surface area contributed by atoms with Crippen molar-refractivity contribution in [3.63, 3.8) is 0 Å². The molecule has 0 amide bonds. The lowest BCUT2D eigenvalue weighted by atomic mass is 10.1. The zero-order valence-corrected chi connectivity index (χ0v) is 10.5. The average Bonchev–Trinajstić information content (AvgIpc) is 2.21. The second-order valence-corrected chi connectivity index (χ2v) is 4.67. The van der Waals surface area contributed by atoms with Gasteiger partial charge in [-0.2, -0.15) is 0 Å². The molecule has 0 rings (SSSR count). The van der Waals surface area contributed by atoms with Crippen LogP contribution in [-0.4, -0.2) is 23.3 Å². The molecule has 92 valence electrons. The first kappa shape index (κ1) is 15.1. The van der Waals surface area contributed by atoms with E-state index in [1.54, 1.807) is 6.92 Å². The van der Waals surface area contributed by atoms with E-state index in [9.17, 15) is 9.50 Å². The Hall–Kier alpha value is -0.930. The van der Waals surface area contributed by atoms with Gasteiger partial charge in [-0.1, -0.05) is 18.7 Å². The van der Waals surface area contributed by atoms with E-state index in [0.717, 1.165) is 0 Å². The molecular formula is C13H22FNO. The predicted octanol–water partition coefficient (Wildman–Crippen LogP) is 2.72. The lowest BCUT2D eigenvalue weighted by Crippen LogP contribution is -2.41. The molecule has 0 bridgehead atoms. The van der Waals surface area contributed by atoms with Gasteiger partial charge in [0.05, 0.1) is 6.10 Å². The van der Waals surface area contributed by atoms with Crippen LogP contribution >= 0.6 is 0 Å². The van der Waals surface area contributed by atoms with Crippen LogP contribution in [0.15, 0.2) is 36.2 Å². The summed E-state index contributed by atoms with van der Waals surface area (Å²) in [5.41, 5.74) is 0.402. The van der Waals surface area contributed by atoms with Gasteiger partial charge in [0, 0.05) is 12.1 Å². The third kappa shape index (κ3) is 6.53. The summed E-state index contributed by atoms with van der Waals surface area (Å²) in [5, 5.41) is 13.0. The first-order valence-corrected chi connectivity index (χ1v) is 5.39. The Morgan fingerprint density at radius 2 is 2.06 bits per heavy atom. The Bertz CT molecular complexity index is 287. The summed E-state index contributed by atoms with van der Waals surface area (Å²) in [6, 6.07) is 0. The van der Waals surface area contributed by atoms with Gasteiger partial charge in [0.1, 0.15) is 5.83 Å². The van der Waals surface area contributed by atoms with Crippen molar-refractivity contribution in [2.75, 3.05) is 6.54 Å². The molecule has 0 heterocycles. The molecule has 0 aromatic rings. The monoisotopic (exact) mass is 227 g/mol. The molecule has 0 fully saturated rings. The summed E-state index contributed by atoms with van der Waals surface area (Å²) in [7, 11) is 0. The molecular weight excluding hydrogens is 205 g/mol. The van der Waals surface area contributed by atoms with Crippen molar-refractivity contribution < 1.29 is 9.50 Å². The highest BCUT2D eigenvalue weighted by molar-refractivity contribution is 5.28. The topological polar surface area (TPSA) is 32.3 Å². The van der Waals surface area contributed by atoms with Crippen LogP contribution in [0.5, 0.6) is 0 Å². The van der Waals surface area contributed by atoms with Gasteiger partial charge in [-0.3, -0.25) is 0 Å². The highest BCUT2D eigenvalue weighted by Crippen LogP contribution is 2.10. The lowest BCUT2D eigenvalue weighted by molar-refractivity contribution is 0.197. The van der Waals surface area contributed by atoms with Gasteiger partial charge >= 0.3 is 0 Å². The van der Waals surface area contributed by atoms with E-state index in [2.05, 4.69) is 11.9 Å². The number of halogens is 1. The van der Waals surface area contributed by atoms with Crippen LogP contribution in [0.1, 0.15) is 27.7 Å². The number of aliphatic hydroxyl groups excluding tert-OH is 1. The van der Waals surface area contributed by atoms with Crippen LogP contribution in [0.2, 0.25) is 0 Å². The van der Waals surface area contributed by atoms with Crippen molar-refractivity contribution >= 4 is 0 Å². The summed E-state index contributed by atoms with van der Waals surface area (Å²) in [4.78, 5) is 0. The smallest absolute Gasteiger partial charge is 0.119 e. The molecule has 0 saturated heterocycles. The minimum absolute atomic E-state index is 0.0770. The molecule has 0 aliphatic rings. The van der Waals surface area contributed by atoms with Crippen molar-refractivity contribution in [2.45, 2.75) is 39.3 Å². The van der Waals surface area contributed by atoms with Crippen LogP contribution in [0, 0.1) is 0 Å². The average molecular weight is 227 g/mol. The molecule has 2 nitrogen and oxygen atoms in total. The summed E-state index contributed by atoms with van der Waals surface area (Å²) in [5.74, 6) is -0.371. The van der Waals surface area contributed by atoms with E-state index in [1.807, 2.05) is 20.8 Å². The van der Waals surface area contributed by atoms with Crippen LogP contribution in [0.3, 0.4) is 0 Å². The summed E-state index contributed by atoms with van der Waals surface area (Å²) < 4.78 is 13.0. The van der Waals surface area contributed by atoms with Crippen LogP contribution in [-0.2, 0) is 0 Å². The normalized spacial score (nSPS) is 16.1. The van der Waals surface area contributed by atoms with Gasteiger partial charge in [-0.05, 0) is 39.3 Å². The van der Waals surface area contributed by atoms with Crippen LogP contribution < -0.4 is 5.32 Å². The third-order valence-electron chi connectivity index (χ3n) is 2.03. The highest BCUT2D eigenvalue weighted by Gasteiger charge is 2.14. The maximum atomic E-state index is 13.0. The number of allylic oxidation sites excluding steroid dienone is 3. The molecule has 0 aromatic heterocycles. The van der Waals surface area contributed by atoms with Crippen molar-refractivity contribution in [3.8, 4) is 0 Å². The molecule has 0 aliphatic carbocycles.